The van der Waals surface area contributed by atoms with Crippen LogP contribution in [0.3, 0.4) is 0 Å². The van der Waals surface area contributed by atoms with Gasteiger partial charge >= 0.3 is 0 Å². The molecule has 0 spiro atoms. The van der Waals surface area contributed by atoms with Crippen molar-refractivity contribution < 1.29 is 14.3 Å². The van der Waals surface area contributed by atoms with Crippen LogP contribution in [-0.4, -0.2) is 52.0 Å². The molecule has 1 aliphatic heterocycles. The zero-order valence-electron chi connectivity index (χ0n) is 10.8. The van der Waals surface area contributed by atoms with Crippen LogP contribution in [0.1, 0.15) is 19.8 Å². The lowest BCUT2D eigenvalue weighted by Gasteiger charge is -2.26. The molecule has 2 N–H and O–H groups in total. The van der Waals surface area contributed by atoms with Gasteiger partial charge in [0.15, 0.2) is 0 Å². The van der Waals surface area contributed by atoms with Crippen LogP contribution in [0.4, 0.5) is 0 Å². The van der Waals surface area contributed by atoms with Gasteiger partial charge < -0.3 is 20.1 Å². The number of amides is 1. The van der Waals surface area contributed by atoms with Gasteiger partial charge in [0.25, 0.3) is 0 Å². The largest absolute Gasteiger partial charge is 0.382 e. The van der Waals surface area contributed by atoms with E-state index in [9.17, 15) is 4.79 Å². The summed E-state index contributed by atoms with van der Waals surface area (Å²) in [4.78, 5) is 11.8. The first-order chi connectivity index (χ1) is 8.24. The van der Waals surface area contributed by atoms with Gasteiger partial charge in [-0.05, 0) is 19.8 Å². The van der Waals surface area contributed by atoms with E-state index < -0.39 is 0 Å². The Balaban J connectivity index is 2.01. The highest BCUT2D eigenvalue weighted by atomic mass is 16.5. The Morgan fingerprint density at radius 1 is 1.35 bits per heavy atom. The molecule has 5 heteroatoms. The zero-order valence-corrected chi connectivity index (χ0v) is 10.8. The Labute approximate surface area is 103 Å². The minimum atomic E-state index is 0.116. The van der Waals surface area contributed by atoms with Crippen LogP contribution in [0.15, 0.2) is 0 Å². The van der Waals surface area contributed by atoms with E-state index in [4.69, 9.17) is 9.47 Å². The smallest absolute Gasteiger partial charge is 0.224 e. The summed E-state index contributed by atoms with van der Waals surface area (Å²) < 4.78 is 10.1. The fourth-order valence-electron chi connectivity index (χ4n) is 1.86. The maximum atomic E-state index is 11.8. The molecule has 1 aliphatic rings. The molecule has 2 atom stereocenters. The SMILES string of the molecule is COCCOCCNC(=O)C1CCC(C)NC1. The van der Waals surface area contributed by atoms with Crippen molar-refractivity contribution in [3.05, 3.63) is 0 Å². The molecular formula is C12H24N2O3. The van der Waals surface area contributed by atoms with Crippen LogP contribution in [-0.2, 0) is 14.3 Å². The summed E-state index contributed by atoms with van der Waals surface area (Å²) in [5.74, 6) is 0.255. The van der Waals surface area contributed by atoms with Crippen LogP contribution < -0.4 is 10.6 Å². The third-order valence-corrected chi connectivity index (χ3v) is 3.01. The number of carbonyl (C=O) groups is 1. The van der Waals surface area contributed by atoms with Crippen molar-refractivity contribution in [1.82, 2.24) is 10.6 Å². The van der Waals surface area contributed by atoms with E-state index in [0.717, 1.165) is 19.4 Å². The summed E-state index contributed by atoms with van der Waals surface area (Å²) >= 11 is 0. The number of methoxy groups -OCH3 is 1. The lowest BCUT2D eigenvalue weighted by Crippen LogP contribution is -2.44. The minimum absolute atomic E-state index is 0.116. The number of hydrogen-bond acceptors (Lipinski definition) is 4. The molecule has 17 heavy (non-hydrogen) atoms. The van der Waals surface area contributed by atoms with Crippen LogP contribution >= 0.6 is 0 Å². The van der Waals surface area contributed by atoms with Gasteiger partial charge in [0, 0.05) is 26.2 Å². The number of carbonyl (C=O) groups excluding carboxylic acids is 1. The highest BCUT2D eigenvalue weighted by Gasteiger charge is 2.23. The van der Waals surface area contributed by atoms with E-state index in [1.165, 1.54) is 0 Å². The van der Waals surface area contributed by atoms with E-state index >= 15 is 0 Å². The van der Waals surface area contributed by atoms with E-state index in [1.54, 1.807) is 7.11 Å². The van der Waals surface area contributed by atoms with Crippen molar-refractivity contribution in [2.45, 2.75) is 25.8 Å². The Morgan fingerprint density at radius 3 is 2.82 bits per heavy atom. The third-order valence-electron chi connectivity index (χ3n) is 3.01. The monoisotopic (exact) mass is 244 g/mol. The van der Waals surface area contributed by atoms with Gasteiger partial charge in [-0.1, -0.05) is 0 Å². The molecule has 0 saturated carbocycles. The molecule has 5 nitrogen and oxygen atoms in total. The van der Waals surface area contributed by atoms with E-state index in [0.29, 0.717) is 32.4 Å². The van der Waals surface area contributed by atoms with Gasteiger partial charge in [-0.15, -0.1) is 0 Å². The van der Waals surface area contributed by atoms with E-state index in [1.807, 2.05) is 0 Å². The summed E-state index contributed by atoms with van der Waals surface area (Å²) in [6.07, 6.45) is 2.05. The molecule has 0 radical (unpaired) electrons. The quantitative estimate of drug-likeness (QED) is 0.626. The average molecular weight is 244 g/mol. The normalized spacial score (nSPS) is 24.6. The molecule has 0 bridgehead atoms. The summed E-state index contributed by atoms with van der Waals surface area (Å²) in [6, 6.07) is 0.538. The second-order valence-corrected chi connectivity index (χ2v) is 4.48. The van der Waals surface area contributed by atoms with Crippen LogP contribution in [0.5, 0.6) is 0 Å². The van der Waals surface area contributed by atoms with Crippen LogP contribution in [0, 0.1) is 5.92 Å². The predicted molar refractivity (Wildman–Crippen MR) is 65.9 cm³/mol. The van der Waals surface area contributed by atoms with Crippen LogP contribution in [0.2, 0.25) is 0 Å². The molecule has 0 aromatic heterocycles. The Hall–Kier alpha value is -0.650. The highest BCUT2D eigenvalue weighted by Crippen LogP contribution is 2.13. The van der Waals surface area contributed by atoms with E-state index in [2.05, 4.69) is 17.6 Å². The third kappa shape index (κ3) is 6.00. The molecule has 1 fully saturated rings. The number of nitrogens with one attached hydrogen (secondary N) is 2. The first kappa shape index (κ1) is 14.4. The molecule has 0 aromatic rings. The van der Waals surface area contributed by atoms with Crippen molar-refractivity contribution in [2.24, 2.45) is 5.92 Å². The summed E-state index contributed by atoms with van der Waals surface area (Å²) in [5.41, 5.74) is 0. The predicted octanol–water partition coefficient (Wildman–Crippen LogP) is 0.154. The zero-order chi connectivity index (χ0) is 12.5. The van der Waals surface area contributed by atoms with Gasteiger partial charge in [0.1, 0.15) is 0 Å². The maximum absolute atomic E-state index is 11.8. The first-order valence-corrected chi connectivity index (χ1v) is 6.31. The number of piperidine rings is 1. The molecule has 1 rings (SSSR count). The second kappa shape index (κ2) is 8.44. The van der Waals surface area contributed by atoms with Gasteiger partial charge in [-0.25, -0.2) is 0 Å². The first-order valence-electron chi connectivity index (χ1n) is 6.31. The minimum Gasteiger partial charge on any atom is -0.382 e. The average Bonchev–Trinajstić information content (AvgIpc) is 2.34. The number of rotatable bonds is 7. The molecule has 100 valence electrons. The fourth-order valence-corrected chi connectivity index (χ4v) is 1.86. The molecule has 1 amide bonds. The standard InChI is InChI=1S/C12H24N2O3/c1-10-3-4-11(9-14-10)12(15)13-5-6-17-8-7-16-2/h10-11,14H,3-9H2,1-2H3,(H,13,15). The molecule has 2 unspecified atom stereocenters. The van der Waals surface area contributed by atoms with Gasteiger partial charge in [0.2, 0.25) is 5.91 Å². The molecular weight excluding hydrogens is 220 g/mol. The second-order valence-electron chi connectivity index (χ2n) is 4.48. The van der Waals surface area contributed by atoms with Crippen molar-refractivity contribution in [3.63, 3.8) is 0 Å². The Morgan fingerprint density at radius 2 is 2.18 bits per heavy atom. The van der Waals surface area contributed by atoms with E-state index in [-0.39, 0.29) is 11.8 Å². The van der Waals surface area contributed by atoms with Crippen molar-refractivity contribution in [1.29, 1.82) is 0 Å². The molecule has 0 aliphatic carbocycles. The summed E-state index contributed by atoms with van der Waals surface area (Å²) in [6.45, 7) is 5.24. The molecule has 1 saturated heterocycles. The van der Waals surface area contributed by atoms with Gasteiger partial charge in [0.05, 0.1) is 25.7 Å². The van der Waals surface area contributed by atoms with Crippen LogP contribution in [0.25, 0.3) is 0 Å². The maximum Gasteiger partial charge on any atom is 0.224 e. The number of ether oxygens (including phenoxy) is 2. The topological polar surface area (TPSA) is 59.6 Å². The Kier molecular flexibility index (Phi) is 7.16. The molecule has 0 aromatic carbocycles. The fraction of sp³-hybridized carbons (Fsp3) is 0.917. The van der Waals surface area contributed by atoms with Crippen molar-refractivity contribution in [3.8, 4) is 0 Å². The Bertz CT molecular complexity index is 216. The number of hydrogen-bond donors (Lipinski definition) is 2. The molecule has 1 heterocycles. The van der Waals surface area contributed by atoms with Crippen molar-refractivity contribution >= 4 is 5.91 Å². The summed E-state index contributed by atoms with van der Waals surface area (Å²) in [7, 11) is 1.64. The lowest BCUT2D eigenvalue weighted by atomic mass is 9.95. The van der Waals surface area contributed by atoms with Crippen molar-refractivity contribution in [2.75, 3.05) is 40.0 Å². The summed E-state index contributed by atoms with van der Waals surface area (Å²) in [5, 5.41) is 6.22. The van der Waals surface area contributed by atoms with Gasteiger partial charge in [-0.2, -0.15) is 0 Å². The highest BCUT2D eigenvalue weighted by molar-refractivity contribution is 5.78. The lowest BCUT2D eigenvalue weighted by molar-refractivity contribution is -0.125. The van der Waals surface area contributed by atoms with Gasteiger partial charge in [-0.3, -0.25) is 4.79 Å².